The van der Waals surface area contributed by atoms with Crippen LogP contribution in [-0.4, -0.2) is 37.3 Å². The minimum Gasteiger partial charge on any atom is -0.508 e. The van der Waals surface area contributed by atoms with Crippen molar-refractivity contribution in [3.63, 3.8) is 0 Å². The number of carbonyl (C=O) groups excluding carboxylic acids is 2. The topological polar surface area (TPSA) is 87.7 Å². The first-order valence-electron chi connectivity index (χ1n) is 5.59. The molecule has 0 aromatic heterocycles. The third kappa shape index (κ3) is 5.24. The van der Waals surface area contributed by atoms with Crippen LogP contribution in [0, 0.1) is 5.82 Å². The molecule has 0 spiro atoms. The number of hydrogen-bond donors (Lipinski definition) is 3. The molecule has 0 radical (unpaired) electrons. The number of aromatic hydroxyl groups is 1. The van der Waals surface area contributed by atoms with Gasteiger partial charge in [-0.2, -0.15) is 0 Å². The minimum atomic E-state index is -0.586. The Morgan fingerprint density at radius 1 is 1.32 bits per heavy atom. The predicted octanol–water partition coefficient (Wildman–Crippen LogP) is 0.546. The Morgan fingerprint density at radius 2 is 2.00 bits per heavy atom. The molecule has 0 aliphatic rings. The molecule has 0 bridgehead atoms. The fraction of sp³-hybridized carbons (Fsp3) is 0.333. The Kier molecular flexibility index (Phi) is 5.59. The average molecular weight is 270 g/mol. The van der Waals surface area contributed by atoms with E-state index in [-0.39, 0.29) is 36.7 Å². The van der Waals surface area contributed by atoms with Gasteiger partial charge in [0.2, 0.25) is 5.91 Å². The number of alkyl carbamates (subject to hydrolysis) is 1. The number of carbonyl (C=O) groups is 2. The summed E-state index contributed by atoms with van der Waals surface area (Å²) in [4.78, 5) is 22.2. The van der Waals surface area contributed by atoms with Gasteiger partial charge in [0.25, 0.3) is 0 Å². The zero-order chi connectivity index (χ0) is 14.3. The summed E-state index contributed by atoms with van der Waals surface area (Å²) in [6.45, 7) is 0.428. The van der Waals surface area contributed by atoms with Gasteiger partial charge in [-0.05, 0) is 18.2 Å². The van der Waals surface area contributed by atoms with Crippen molar-refractivity contribution in [2.75, 3.05) is 20.2 Å². The lowest BCUT2D eigenvalue weighted by atomic mass is 10.1. The fourth-order valence-corrected chi connectivity index (χ4v) is 1.37. The Labute approximate surface area is 109 Å². The highest BCUT2D eigenvalue weighted by atomic mass is 19.1. The van der Waals surface area contributed by atoms with Crippen molar-refractivity contribution >= 4 is 12.0 Å². The van der Waals surface area contributed by atoms with Crippen LogP contribution in [0.5, 0.6) is 5.75 Å². The van der Waals surface area contributed by atoms with E-state index >= 15 is 0 Å². The lowest BCUT2D eigenvalue weighted by Crippen LogP contribution is -2.35. The second kappa shape index (κ2) is 7.20. The number of phenols is 1. The van der Waals surface area contributed by atoms with E-state index in [4.69, 9.17) is 0 Å². The Hall–Kier alpha value is -2.31. The monoisotopic (exact) mass is 270 g/mol. The molecule has 0 aliphatic heterocycles. The van der Waals surface area contributed by atoms with E-state index in [1.165, 1.54) is 13.2 Å². The van der Waals surface area contributed by atoms with E-state index < -0.39 is 11.9 Å². The van der Waals surface area contributed by atoms with Crippen LogP contribution in [0.4, 0.5) is 9.18 Å². The molecule has 2 amide bonds. The summed E-state index contributed by atoms with van der Waals surface area (Å²) in [6.07, 6.45) is -0.723. The summed E-state index contributed by atoms with van der Waals surface area (Å²) in [5.41, 5.74) is 0.207. The first kappa shape index (κ1) is 14.7. The number of halogens is 1. The number of amides is 2. The molecule has 0 saturated heterocycles. The molecule has 0 aliphatic carbocycles. The van der Waals surface area contributed by atoms with E-state index in [9.17, 15) is 19.1 Å². The van der Waals surface area contributed by atoms with Crippen LogP contribution < -0.4 is 10.6 Å². The number of rotatable bonds is 5. The van der Waals surface area contributed by atoms with Crippen LogP contribution >= 0.6 is 0 Å². The zero-order valence-electron chi connectivity index (χ0n) is 10.4. The van der Waals surface area contributed by atoms with Gasteiger partial charge < -0.3 is 20.5 Å². The SMILES string of the molecule is COC(=O)NCCNC(=O)Cc1cc(F)ccc1O. The Morgan fingerprint density at radius 3 is 2.68 bits per heavy atom. The normalized spacial score (nSPS) is 9.79. The van der Waals surface area contributed by atoms with Crippen molar-refractivity contribution in [3.8, 4) is 5.75 Å². The second-order valence-electron chi connectivity index (χ2n) is 3.72. The Balaban J connectivity index is 2.35. The van der Waals surface area contributed by atoms with Gasteiger partial charge >= 0.3 is 6.09 Å². The van der Waals surface area contributed by atoms with Crippen molar-refractivity contribution in [3.05, 3.63) is 29.6 Å². The predicted molar refractivity (Wildman–Crippen MR) is 65.2 cm³/mol. The maximum atomic E-state index is 12.9. The number of benzene rings is 1. The lowest BCUT2D eigenvalue weighted by Gasteiger charge is -2.07. The van der Waals surface area contributed by atoms with Crippen LogP contribution in [0.1, 0.15) is 5.56 Å². The van der Waals surface area contributed by atoms with Crippen LogP contribution in [-0.2, 0) is 16.0 Å². The lowest BCUT2D eigenvalue weighted by molar-refractivity contribution is -0.120. The molecule has 6 nitrogen and oxygen atoms in total. The van der Waals surface area contributed by atoms with E-state index in [1.54, 1.807) is 0 Å². The maximum Gasteiger partial charge on any atom is 0.406 e. The summed E-state index contributed by atoms with van der Waals surface area (Å²) < 4.78 is 17.3. The van der Waals surface area contributed by atoms with Crippen molar-refractivity contribution in [1.82, 2.24) is 10.6 Å². The fourth-order valence-electron chi connectivity index (χ4n) is 1.37. The first-order chi connectivity index (χ1) is 9.02. The number of ether oxygens (including phenoxy) is 1. The van der Waals surface area contributed by atoms with Gasteiger partial charge in [0.1, 0.15) is 11.6 Å². The second-order valence-corrected chi connectivity index (χ2v) is 3.72. The van der Waals surface area contributed by atoms with Gasteiger partial charge in [0, 0.05) is 18.7 Å². The molecule has 1 aromatic rings. The molecule has 3 N–H and O–H groups in total. The minimum absolute atomic E-state index is 0.135. The average Bonchev–Trinajstić information content (AvgIpc) is 2.38. The van der Waals surface area contributed by atoms with Gasteiger partial charge in [-0.3, -0.25) is 4.79 Å². The molecular weight excluding hydrogens is 255 g/mol. The molecule has 0 unspecified atom stereocenters. The smallest absolute Gasteiger partial charge is 0.406 e. The van der Waals surface area contributed by atoms with E-state index in [0.717, 1.165) is 12.1 Å². The van der Waals surface area contributed by atoms with E-state index in [0.29, 0.717) is 0 Å². The van der Waals surface area contributed by atoms with Crippen LogP contribution in [0.2, 0.25) is 0 Å². The number of nitrogens with one attached hydrogen (secondary N) is 2. The first-order valence-corrected chi connectivity index (χ1v) is 5.59. The molecule has 0 saturated carbocycles. The maximum absolute atomic E-state index is 12.9. The molecule has 1 rings (SSSR count). The highest BCUT2D eigenvalue weighted by Gasteiger charge is 2.08. The summed E-state index contributed by atoms with van der Waals surface area (Å²) in [7, 11) is 1.24. The summed E-state index contributed by atoms with van der Waals surface area (Å²) in [5.74, 6) is -1.04. The van der Waals surface area contributed by atoms with Crippen LogP contribution in [0.15, 0.2) is 18.2 Å². The quantitative estimate of drug-likeness (QED) is 0.682. The number of hydrogen-bond acceptors (Lipinski definition) is 4. The molecule has 0 atom stereocenters. The summed E-state index contributed by atoms with van der Waals surface area (Å²) in [6, 6.07) is 3.40. The van der Waals surface area contributed by atoms with E-state index in [1.807, 2.05) is 0 Å². The molecular formula is C12H15FN2O4. The molecule has 0 fully saturated rings. The summed E-state index contributed by atoms with van der Waals surface area (Å²) in [5, 5.41) is 14.3. The van der Waals surface area contributed by atoms with Crippen molar-refractivity contribution < 1.29 is 23.8 Å². The largest absolute Gasteiger partial charge is 0.508 e. The van der Waals surface area contributed by atoms with Crippen molar-refractivity contribution in [1.29, 1.82) is 0 Å². The van der Waals surface area contributed by atoms with Crippen molar-refractivity contribution in [2.45, 2.75) is 6.42 Å². The third-order valence-electron chi connectivity index (χ3n) is 2.29. The van der Waals surface area contributed by atoms with Gasteiger partial charge in [-0.1, -0.05) is 0 Å². The number of methoxy groups -OCH3 is 1. The summed E-state index contributed by atoms with van der Waals surface area (Å²) >= 11 is 0. The van der Waals surface area contributed by atoms with Gasteiger partial charge in [-0.15, -0.1) is 0 Å². The third-order valence-corrected chi connectivity index (χ3v) is 2.29. The van der Waals surface area contributed by atoms with Gasteiger partial charge in [0.05, 0.1) is 13.5 Å². The Bertz CT molecular complexity index is 465. The van der Waals surface area contributed by atoms with Gasteiger partial charge in [0.15, 0.2) is 0 Å². The van der Waals surface area contributed by atoms with Crippen LogP contribution in [0.3, 0.4) is 0 Å². The van der Waals surface area contributed by atoms with Crippen LogP contribution in [0.25, 0.3) is 0 Å². The molecule has 7 heteroatoms. The highest BCUT2D eigenvalue weighted by molar-refractivity contribution is 5.79. The molecule has 19 heavy (non-hydrogen) atoms. The molecule has 104 valence electrons. The van der Waals surface area contributed by atoms with Gasteiger partial charge in [-0.25, -0.2) is 9.18 Å². The zero-order valence-corrected chi connectivity index (χ0v) is 10.4. The standard InChI is InChI=1S/C12H15FN2O4/c1-19-12(18)15-5-4-14-11(17)7-8-6-9(13)2-3-10(8)16/h2-3,6,16H,4-5,7H2,1H3,(H,14,17)(H,15,18). The van der Waals surface area contributed by atoms with Crippen molar-refractivity contribution in [2.24, 2.45) is 0 Å². The highest BCUT2D eigenvalue weighted by Crippen LogP contribution is 2.18. The number of phenolic OH excluding ortho intramolecular Hbond substituents is 1. The molecule has 1 aromatic carbocycles. The molecule has 0 heterocycles. The van der Waals surface area contributed by atoms with E-state index in [2.05, 4.69) is 15.4 Å².